The molecule has 1 aliphatic rings. The van der Waals surface area contributed by atoms with Crippen molar-refractivity contribution < 1.29 is 4.79 Å². The van der Waals surface area contributed by atoms with Crippen LogP contribution in [0.1, 0.15) is 81.3 Å². The standard InChI is InChI=1S/C24H32N4OS/c1-5-19(20-16-26-28(22(20)7-3)18-11-9-8-10-12-18)24(29)27-21(6-2)17-13-14-25-23(15-17)30-4/h5,7,13-16,18,21H,3,6,8-12H2,1-2,4H3,(H,27,29)/b19-5+. The van der Waals surface area contributed by atoms with Crippen molar-refractivity contribution in [2.75, 3.05) is 6.26 Å². The lowest BCUT2D eigenvalue weighted by Crippen LogP contribution is -2.29. The number of hydrogen-bond donors (Lipinski definition) is 1. The van der Waals surface area contributed by atoms with Crippen LogP contribution >= 0.6 is 11.8 Å². The summed E-state index contributed by atoms with van der Waals surface area (Å²) in [6, 6.07) is 4.35. The van der Waals surface area contributed by atoms with Gasteiger partial charge in [-0.2, -0.15) is 5.10 Å². The van der Waals surface area contributed by atoms with Gasteiger partial charge in [0.25, 0.3) is 5.91 Å². The average Bonchev–Trinajstić information content (AvgIpc) is 3.22. The Kier molecular flexibility index (Phi) is 7.91. The molecule has 6 heteroatoms. The minimum atomic E-state index is -0.0850. The Hall–Kier alpha value is -2.34. The molecule has 160 valence electrons. The lowest BCUT2D eigenvalue weighted by atomic mass is 9.95. The molecule has 1 fully saturated rings. The van der Waals surface area contributed by atoms with E-state index < -0.39 is 0 Å². The van der Waals surface area contributed by atoms with Crippen molar-refractivity contribution in [3.05, 3.63) is 54.0 Å². The minimum Gasteiger partial charge on any atom is -0.345 e. The average molecular weight is 425 g/mol. The number of amides is 1. The first kappa shape index (κ1) is 22.3. The van der Waals surface area contributed by atoms with Crippen LogP contribution in [0.3, 0.4) is 0 Å². The highest BCUT2D eigenvalue weighted by Gasteiger charge is 2.24. The first-order valence-electron chi connectivity index (χ1n) is 10.8. The van der Waals surface area contributed by atoms with Gasteiger partial charge in [-0.25, -0.2) is 4.98 Å². The van der Waals surface area contributed by atoms with Crippen molar-refractivity contribution in [3.8, 4) is 0 Å². The number of allylic oxidation sites excluding steroid dienone is 1. The van der Waals surface area contributed by atoms with Gasteiger partial charge in [-0.15, -0.1) is 11.8 Å². The Balaban J connectivity index is 1.83. The van der Waals surface area contributed by atoms with E-state index in [0.717, 1.165) is 41.1 Å². The van der Waals surface area contributed by atoms with Crippen LogP contribution in [0.4, 0.5) is 0 Å². The van der Waals surface area contributed by atoms with E-state index >= 15 is 0 Å². The summed E-state index contributed by atoms with van der Waals surface area (Å²) in [4.78, 5) is 17.6. The first-order valence-corrected chi connectivity index (χ1v) is 12.0. The van der Waals surface area contributed by atoms with Gasteiger partial charge in [-0.05, 0) is 56.2 Å². The summed E-state index contributed by atoms with van der Waals surface area (Å²) in [6.07, 6.45) is 16.2. The van der Waals surface area contributed by atoms with Gasteiger partial charge in [0.05, 0.1) is 29.0 Å². The van der Waals surface area contributed by atoms with Crippen LogP contribution in [0, 0.1) is 0 Å². The predicted octanol–water partition coefficient (Wildman–Crippen LogP) is 5.82. The van der Waals surface area contributed by atoms with Crippen molar-refractivity contribution >= 4 is 29.3 Å². The molecular weight excluding hydrogens is 392 g/mol. The number of carbonyl (C=O) groups excluding carboxylic acids is 1. The van der Waals surface area contributed by atoms with Gasteiger partial charge in [-0.3, -0.25) is 9.48 Å². The molecule has 5 nitrogen and oxygen atoms in total. The normalized spacial score (nSPS) is 16.3. The third kappa shape index (κ3) is 4.86. The summed E-state index contributed by atoms with van der Waals surface area (Å²) >= 11 is 1.60. The van der Waals surface area contributed by atoms with Gasteiger partial charge in [0.15, 0.2) is 0 Å². The van der Waals surface area contributed by atoms with E-state index in [1.54, 1.807) is 18.0 Å². The minimum absolute atomic E-state index is 0.0677. The number of carbonyl (C=O) groups is 1. The fourth-order valence-electron chi connectivity index (χ4n) is 4.22. The van der Waals surface area contributed by atoms with Crippen molar-refractivity contribution in [3.63, 3.8) is 0 Å². The smallest absolute Gasteiger partial charge is 0.252 e. The number of aromatic nitrogens is 3. The van der Waals surface area contributed by atoms with Crippen molar-refractivity contribution in [2.24, 2.45) is 0 Å². The Labute approximate surface area is 184 Å². The van der Waals surface area contributed by atoms with E-state index in [0.29, 0.717) is 11.6 Å². The van der Waals surface area contributed by atoms with Gasteiger partial charge >= 0.3 is 0 Å². The molecule has 30 heavy (non-hydrogen) atoms. The highest BCUT2D eigenvalue weighted by Crippen LogP contribution is 2.32. The number of nitrogens with zero attached hydrogens (tertiary/aromatic N) is 3. The number of pyridine rings is 1. The molecule has 0 aliphatic heterocycles. The van der Waals surface area contributed by atoms with E-state index in [4.69, 9.17) is 0 Å². The first-order chi connectivity index (χ1) is 14.6. The van der Waals surface area contributed by atoms with Gasteiger partial charge in [0.2, 0.25) is 0 Å². The molecule has 1 N–H and O–H groups in total. The topological polar surface area (TPSA) is 59.8 Å². The third-order valence-electron chi connectivity index (χ3n) is 5.86. The zero-order valence-corrected chi connectivity index (χ0v) is 19.0. The van der Waals surface area contributed by atoms with Gasteiger partial charge in [-0.1, -0.05) is 38.8 Å². The monoisotopic (exact) mass is 424 g/mol. The van der Waals surface area contributed by atoms with Gasteiger partial charge in [0, 0.05) is 17.3 Å². The molecular formula is C24H32N4OS. The second-order valence-electron chi connectivity index (χ2n) is 7.65. The largest absolute Gasteiger partial charge is 0.345 e. The molecule has 1 aliphatic carbocycles. The maximum Gasteiger partial charge on any atom is 0.252 e. The number of thioether (sulfide) groups is 1. The highest BCUT2D eigenvalue weighted by molar-refractivity contribution is 7.98. The molecule has 1 unspecified atom stereocenters. The van der Waals surface area contributed by atoms with E-state index in [-0.39, 0.29) is 11.9 Å². The molecule has 1 saturated carbocycles. The SMILES string of the molecule is C=Cc1c(/C(=C\C)C(=O)NC(CC)c2ccnc(SC)c2)cnn1C1CCCCC1. The van der Waals surface area contributed by atoms with E-state index in [1.807, 2.05) is 43.7 Å². The van der Waals surface area contributed by atoms with Crippen LogP contribution in [-0.2, 0) is 4.79 Å². The molecule has 0 radical (unpaired) electrons. The van der Waals surface area contributed by atoms with Crippen LogP contribution in [0.25, 0.3) is 11.6 Å². The molecule has 2 aromatic heterocycles. The number of rotatable bonds is 8. The Bertz CT molecular complexity index is 912. The second kappa shape index (κ2) is 10.6. The predicted molar refractivity (Wildman–Crippen MR) is 125 cm³/mol. The summed E-state index contributed by atoms with van der Waals surface area (Å²) in [5.74, 6) is -0.0850. The highest BCUT2D eigenvalue weighted by atomic mass is 32.2. The Morgan fingerprint density at radius 3 is 2.80 bits per heavy atom. The summed E-state index contributed by atoms with van der Waals surface area (Å²) < 4.78 is 2.07. The molecule has 0 bridgehead atoms. The quantitative estimate of drug-likeness (QED) is 0.428. The zero-order chi connectivity index (χ0) is 21.5. The van der Waals surface area contributed by atoms with E-state index in [9.17, 15) is 4.79 Å². The maximum absolute atomic E-state index is 13.3. The lowest BCUT2D eigenvalue weighted by Gasteiger charge is -2.23. The number of nitrogens with one attached hydrogen (secondary N) is 1. The lowest BCUT2D eigenvalue weighted by molar-refractivity contribution is -0.116. The molecule has 0 saturated heterocycles. The van der Waals surface area contributed by atoms with E-state index in [2.05, 4.69) is 33.6 Å². The molecule has 0 spiro atoms. The zero-order valence-electron chi connectivity index (χ0n) is 18.2. The summed E-state index contributed by atoms with van der Waals surface area (Å²) in [6.45, 7) is 7.99. The van der Waals surface area contributed by atoms with Crippen LogP contribution in [0.15, 0.2) is 42.2 Å². The molecule has 0 aromatic carbocycles. The van der Waals surface area contributed by atoms with Crippen molar-refractivity contribution in [2.45, 2.75) is 69.5 Å². The van der Waals surface area contributed by atoms with Crippen molar-refractivity contribution in [1.29, 1.82) is 0 Å². The molecule has 2 aromatic rings. The van der Waals surface area contributed by atoms with E-state index in [1.165, 1.54) is 19.3 Å². The van der Waals surface area contributed by atoms with Gasteiger partial charge < -0.3 is 5.32 Å². The van der Waals surface area contributed by atoms with Crippen LogP contribution in [0.5, 0.6) is 0 Å². The Morgan fingerprint density at radius 1 is 1.40 bits per heavy atom. The fraction of sp³-hybridized carbons (Fsp3) is 0.458. The third-order valence-corrected chi connectivity index (χ3v) is 6.50. The summed E-state index contributed by atoms with van der Waals surface area (Å²) in [5.41, 5.74) is 3.50. The van der Waals surface area contributed by atoms with Crippen molar-refractivity contribution in [1.82, 2.24) is 20.1 Å². The molecule has 1 amide bonds. The van der Waals surface area contributed by atoms with Gasteiger partial charge in [0.1, 0.15) is 0 Å². The Morgan fingerprint density at radius 2 is 2.17 bits per heavy atom. The molecule has 3 rings (SSSR count). The van der Waals surface area contributed by atoms with Crippen LogP contribution in [-0.4, -0.2) is 26.9 Å². The summed E-state index contributed by atoms with van der Waals surface area (Å²) in [7, 11) is 0. The molecule has 1 atom stereocenters. The second-order valence-corrected chi connectivity index (χ2v) is 8.48. The van der Waals surface area contributed by atoms with Crippen LogP contribution < -0.4 is 5.32 Å². The fourth-order valence-corrected chi connectivity index (χ4v) is 4.64. The number of hydrogen-bond acceptors (Lipinski definition) is 4. The summed E-state index contributed by atoms with van der Waals surface area (Å²) in [5, 5.41) is 8.82. The maximum atomic E-state index is 13.3. The van der Waals surface area contributed by atoms with Crippen LogP contribution in [0.2, 0.25) is 0 Å². The molecule has 2 heterocycles.